The molecule has 5 heteroatoms. The standard InChI is InChI=1S/C15H22N4O/c16-15(20)13-8-14(18-10-17-13)19(9-11-6-7-11)12-4-2-1-3-5-12/h8,10-12H,1-7,9H2,(H2,16,20). The molecular weight excluding hydrogens is 252 g/mol. The third kappa shape index (κ3) is 3.08. The van der Waals surface area contributed by atoms with Gasteiger partial charge in [0.25, 0.3) is 5.91 Å². The second-order valence-corrected chi connectivity index (χ2v) is 6.01. The van der Waals surface area contributed by atoms with Crippen LogP contribution in [0.2, 0.25) is 0 Å². The van der Waals surface area contributed by atoms with Gasteiger partial charge in [-0.15, -0.1) is 0 Å². The van der Waals surface area contributed by atoms with Crippen molar-refractivity contribution >= 4 is 11.7 Å². The van der Waals surface area contributed by atoms with Crippen LogP contribution < -0.4 is 10.6 Å². The highest BCUT2D eigenvalue weighted by molar-refractivity contribution is 5.91. The van der Waals surface area contributed by atoms with Gasteiger partial charge in [0.1, 0.15) is 17.8 Å². The van der Waals surface area contributed by atoms with Crippen molar-refractivity contribution in [3.63, 3.8) is 0 Å². The van der Waals surface area contributed by atoms with E-state index in [1.165, 1.54) is 51.3 Å². The number of hydrogen-bond acceptors (Lipinski definition) is 4. The van der Waals surface area contributed by atoms with Gasteiger partial charge in [-0.3, -0.25) is 4.79 Å². The first kappa shape index (κ1) is 13.3. The highest BCUT2D eigenvalue weighted by Gasteiger charge is 2.30. The molecule has 0 spiro atoms. The Morgan fingerprint density at radius 1 is 1.20 bits per heavy atom. The molecule has 1 aromatic rings. The van der Waals surface area contributed by atoms with E-state index in [-0.39, 0.29) is 0 Å². The zero-order valence-corrected chi connectivity index (χ0v) is 11.8. The molecule has 2 N–H and O–H groups in total. The molecule has 5 nitrogen and oxygen atoms in total. The third-order valence-corrected chi connectivity index (χ3v) is 4.37. The van der Waals surface area contributed by atoms with Gasteiger partial charge in [-0.2, -0.15) is 0 Å². The van der Waals surface area contributed by atoms with Crippen molar-refractivity contribution in [3.05, 3.63) is 18.1 Å². The number of anilines is 1. The topological polar surface area (TPSA) is 72.1 Å². The lowest BCUT2D eigenvalue weighted by molar-refractivity contribution is 0.0995. The Bertz CT molecular complexity index is 481. The number of nitrogens with zero attached hydrogens (tertiary/aromatic N) is 3. The van der Waals surface area contributed by atoms with Gasteiger partial charge in [-0.05, 0) is 31.6 Å². The summed E-state index contributed by atoms with van der Waals surface area (Å²) >= 11 is 0. The summed E-state index contributed by atoms with van der Waals surface area (Å²) in [5, 5.41) is 0. The van der Waals surface area contributed by atoms with Gasteiger partial charge in [-0.25, -0.2) is 9.97 Å². The number of amides is 1. The summed E-state index contributed by atoms with van der Waals surface area (Å²) in [7, 11) is 0. The fourth-order valence-corrected chi connectivity index (χ4v) is 3.04. The number of carbonyl (C=O) groups is 1. The van der Waals surface area contributed by atoms with Gasteiger partial charge in [0.15, 0.2) is 0 Å². The molecule has 2 fully saturated rings. The maximum absolute atomic E-state index is 11.3. The van der Waals surface area contributed by atoms with Gasteiger partial charge < -0.3 is 10.6 Å². The molecule has 0 aromatic carbocycles. The smallest absolute Gasteiger partial charge is 0.267 e. The lowest BCUT2D eigenvalue weighted by Crippen LogP contribution is -2.39. The molecule has 0 saturated heterocycles. The lowest BCUT2D eigenvalue weighted by Gasteiger charge is -2.35. The fourth-order valence-electron chi connectivity index (χ4n) is 3.04. The Labute approximate surface area is 119 Å². The van der Waals surface area contributed by atoms with Gasteiger partial charge in [-0.1, -0.05) is 19.3 Å². The normalized spacial score (nSPS) is 19.8. The Hall–Kier alpha value is -1.65. The summed E-state index contributed by atoms with van der Waals surface area (Å²) in [5.74, 6) is 1.18. The van der Waals surface area contributed by atoms with E-state index in [2.05, 4.69) is 14.9 Å². The van der Waals surface area contributed by atoms with Crippen molar-refractivity contribution in [2.75, 3.05) is 11.4 Å². The predicted molar refractivity (Wildman–Crippen MR) is 77.5 cm³/mol. The van der Waals surface area contributed by atoms with E-state index in [4.69, 9.17) is 5.73 Å². The number of primary amides is 1. The quantitative estimate of drug-likeness (QED) is 0.892. The van der Waals surface area contributed by atoms with Crippen LogP contribution in [0.15, 0.2) is 12.4 Å². The summed E-state index contributed by atoms with van der Waals surface area (Å²) in [4.78, 5) is 22.0. The van der Waals surface area contributed by atoms with E-state index in [1.54, 1.807) is 6.07 Å². The molecule has 0 unspecified atom stereocenters. The molecular formula is C15H22N4O. The minimum atomic E-state index is -0.483. The molecule has 0 atom stereocenters. The zero-order chi connectivity index (χ0) is 13.9. The SMILES string of the molecule is NC(=O)c1cc(N(CC2CC2)C2CCCCC2)ncn1. The second kappa shape index (κ2) is 5.77. The van der Waals surface area contributed by atoms with Crippen LogP contribution in [0.3, 0.4) is 0 Å². The van der Waals surface area contributed by atoms with Crippen molar-refractivity contribution in [3.8, 4) is 0 Å². The van der Waals surface area contributed by atoms with Gasteiger partial charge >= 0.3 is 0 Å². The van der Waals surface area contributed by atoms with Gasteiger partial charge in [0.05, 0.1) is 0 Å². The largest absolute Gasteiger partial charge is 0.364 e. The van der Waals surface area contributed by atoms with Crippen LogP contribution in [0, 0.1) is 5.92 Å². The molecule has 1 heterocycles. The number of aromatic nitrogens is 2. The average molecular weight is 274 g/mol. The molecule has 1 amide bonds. The summed E-state index contributed by atoms with van der Waals surface area (Å²) < 4.78 is 0. The first-order valence-corrected chi connectivity index (χ1v) is 7.62. The van der Waals surface area contributed by atoms with Crippen LogP contribution in [0.25, 0.3) is 0 Å². The van der Waals surface area contributed by atoms with Crippen LogP contribution >= 0.6 is 0 Å². The molecule has 1 aromatic heterocycles. The second-order valence-electron chi connectivity index (χ2n) is 6.01. The minimum absolute atomic E-state index is 0.312. The van der Waals surface area contributed by atoms with E-state index >= 15 is 0 Å². The first-order chi connectivity index (χ1) is 9.74. The number of nitrogens with two attached hydrogens (primary N) is 1. The summed E-state index contributed by atoms with van der Waals surface area (Å²) in [6.45, 7) is 1.06. The maximum Gasteiger partial charge on any atom is 0.267 e. The molecule has 2 aliphatic rings. The van der Waals surface area contributed by atoms with Crippen molar-refractivity contribution < 1.29 is 4.79 Å². The maximum atomic E-state index is 11.3. The van der Waals surface area contributed by atoms with Crippen LogP contribution in [0.5, 0.6) is 0 Å². The molecule has 0 radical (unpaired) electrons. The average Bonchev–Trinajstić information content (AvgIpc) is 3.30. The van der Waals surface area contributed by atoms with E-state index < -0.39 is 5.91 Å². The minimum Gasteiger partial charge on any atom is -0.364 e. The van der Waals surface area contributed by atoms with Crippen molar-refractivity contribution in [1.82, 2.24) is 9.97 Å². The van der Waals surface area contributed by atoms with Crippen molar-refractivity contribution in [2.45, 2.75) is 51.0 Å². The Balaban J connectivity index is 1.83. The Morgan fingerprint density at radius 3 is 2.60 bits per heavy atom. The summed E-state index contributed by atoms with van der Waals surface area (Å²) in [5.41, 5.74) is 5.64. The molecule has 2 saturated carbocycles. The van der Waals surface area contributed by atoms with E-state index in [0.29, 0.717) is 11.7 Å². The monoisotopic (exact) mass is 274 g/mol. The third-order valence-electron chi connectivity index (χ3n) is 4.37. The van der Waals surface area contributed by atoms with Crippen LogP contribution in [0.1, 0.15) is 55.4 Å². The summed E-state index contributed by atoms with van der Waals surface area (Å²) in [6.07, 6.45) is 10.5. The molecule has 0 aliphatic heterocycles. The number of hydrogen-bond donors (Lipinski definition) is 1. The van der Waals surface area contributed by atoms with Crippen LogP contribution in [-0.2, 0) is 0 Å². The van der Waals surface area contributed by atoms with Crippen molar-refractivity contribution in [1.29, 1.82) is 0 Å². The highest BCUT2D eigenvalue weighted by atomic mass is 16.1. The number of rotatable bonds is 5. The van der Waals surface area contributed by atoms with E-state index in [0.717, 1.165) is 18.3 Å². The van der Waals surface area contributed by atoms with E-state index in [9.17, 15) is 4.79 Å². The zero-order valence-electron chi connectivity index (χ0n) is 11.8. The predicted octanol–water partition coefficient (Wildman–Crippen LogP) is 2.12. The van der Waals surface area contributed by atoms with Crippen LogP contribution in [0.4, 0.5) is 5.82 Å². The lowest BCUT2D eigenvalue weighted by atomic mass is 9.94. The van der Waals surface area contributed by atoms with Crippen molar-refractivity contribution in [2.24, 2.45) is 11.7 Å². The Kier molecular flexibility index (Phi) is 3.85. The summed E-state index contributed by atoms with van der Waals surface area (Å²) in [6, 6.07) is 2.30. The van der Waals surface area contributed by atoms with Gasteiger partial charge in [0, 0.05) is 18.7 Å². The Morgan fingerprint density at radius 2 is 1.95 bits per heavy atom. The molecule has 2 aliphatic carbocycles. The molecule has 3 rings (SSSR count). The number of carbonyl (C=O) groups excluding carboxylic acids is 1. The van der Waals surface area contributed by atoms with Crippen LogP contribution in [-0.4, -0.2) is 28.5 Å². The highest BCUT2D eigenvalue weighted by Crippen LogP contribution is 2.34. The molecule has 20 heavy (non-hydrogen) atoms. The van der Waals surface area contributed by atoms with Gasteiger partial charge in [0.2, 0.25) is 0 Å². The van der Waals surface area contributed by atoms with E-state index in [1.807, 2.05) is 0 Å². The first-order valence-electron chi connectivity index (χ1n) is 7.62. The molecule has 0 bridgehead atoms. The molecule has 108 valence electrons. The fraction of sp³-hybridized carbons (Fsp3) is 0.667.